The fourth-order valence-electron chi connectivity index (χ4n) is 0.216. The Morgan fingerprint density at radius 2 is 2.50 bits per heavy atom. The Hall–Kier alpha value is 0.996. The summed E-state index contributed by atoms with van der Waals surface area (Å²) in [5, 5.41) is 0. The van der Waals surface area contributed by atoms with Crippen molar-refractivity contribution in [1.29, 1.82) is 0 Å². The molecule has 1 rings (SSSR count). The van der Waals surface area contributed by atoms with E-state index in [2.05, 4.69) is 8.91 Å². The van der Waals surface area contributed by atoms with Gasteiger partial charge < -0.3 is 4.18 Å². The van der Waals surface area contributed by atoms with Gasteiger partial charge in [0.15, 0.2) is 12.2 Å². The molecule has 0 aliphatic carbocycles. The van der Waals surface area contributed by atoms with Crippen molar-refractivity contribution in [1.82, 2.24) is 4.72 Å². The molecule has 0 bridgehead atoms. The third-order valence-electron chi connectivity index (χ3n) is 0.465. The maximum atomic E-state index is 10.2. The van der Waals surface area contributed by atoms with Crippen LogP contribution in [0.3, 0.4) is 0 Å². The van der Waals surface area contributed by atoms with Gasteiger partial charge in [-0.3, -0.25) is 9.52 Å². The molecule has 0 atom stereocenters. The summed E-state index contributed by atoms with van der Waals surface area (Å²) in [5.74, 6) is -0.128. The van der Waals surface area contributed by atoms with E-state index in [-0.39, 0.29) is 57.3 Å². The van der Waals surface area contributed by atoms with Gasteiger partial charge in [-0.05, 0) is 0 Å². The average molecular weight is 156 g/mol. The number of amides is 1. The second kappa shape index (κ2) is 4.84. The van der Waals surface area contributed by atoms with Crippen molar-refractivity contribution in [2.24, 2.45) is 0 Å². The first-order valence-electron chi connectivity index (χ1n) is 1.68. The Kier molecular flexibility index (Phi) is 5.44. The summed E-state index contributed by atoms with van der Waals surface area (Å²) in [5.41, 5.74) is 0. The summed E-state index contributed by atoms with van der Waals surface area (Å²) in [6.45, 7) is 0. The van der Waals surface area contributed by atoms with E-state index < -0.39 is 0 Å². The SMILES string of the molecule is O=C1C=COSN1.[K+]. The molecule has 38 valence electrons. The van der Waals surface area contributed by atoms with E-state index in [1.807, 2.05) is 0 Å². The summed E-state index contributed by atoms with van der Waals surface area (Å²) in [6, 6.07) is 0. The molecule has 1 aliphatic rings. The number of hydrogen-bond donors (Lipinski definition) is 1. The second-order valence-electron chi connectivity index (χ2n) is 0.949. The van der Waals surface area contributed by atoms with Crippen LogP contribution < -0.4 is 56.1 Å². The average Bonchev–Trinajstić information content (AvgIpc) is 1.69. The van der Waals surface area contributed by atoms with Crippen LogP contribution in [0.4, 0.5) is 0 Å². The number of nitrogens with one attached hydrogen (secondary N) is 1. The minimum absolute atomic E-state index is 0. The van der Waals surface area contributed by atoms with Gasteiger partial charge in [-0.2, -0.15) is 0 Å². The molecular formula is C3H3KNO2S+. The summed E-state index contributed by atoms with van der Waals surface area (Å²) in [6.07, 6.45) is 2.65. The van der Waals surface area contributed by atoms with Crippen LogP contribution in [0.2, 0.25) is 0 Å². The molecule has 1 N–H and O–H groups in total. The molecule has 0 aromatic rings. The van der Waals surface area contributed by atoms with Crippen LogP contribution in [-0.2, 0) is 8.98 Å². The maximum Gasteiger partial charge on any atom is 1.00 e. The van der Waals surface area contributed by atoms with Crippen LogP contribution in [0.5, 0.6) is 0 Å². The molecule has 0 aromatic heterocycles. The van der Waals surface area contributed by atoms with Gasteiger partial charge in [0, 0.05) is 6.08 Å². The Morgan fingerprint density at radius 3 is 2.75 bits per heavy atom. The van der Waals surface area contributed by atoms with E-state index in [1.165, 1.54) is 12.3 Å². The molecule has 5 heteroatoms. The zero-order valence-corrected chi connectivity index (χ0v) is 8.32. The standard InChI is InChI=1S/C3H3NO2S.K/c5-3-1-2-6-7-4-3;/h1-2H,(H,4,5);/q;+1. The van der Waals surface area contributed by atoms with Crippen molar-refractivity contribution in [3.63, 3.8) is 0 Å². The van der Waals surface area contributed by atoms with Crippen molar-refractivity contribution in [3.05, 3.63) is 12.3 Å². The van der Waals surface area contributed by atoms with Gasteiger partial charge in [-0.1, -0.05) is 0 Å². The van der Waals surface area contributed by atoms with Crippen LogP contribution in [0, 0.1) is 0 Å². The fraction of sp³-hybridized carbons (Fsp3) is 0. The number of carbonyl (C=O) groups is 1. The minimum Gasteiger partial charge on any atom is -0.413 e. The van der Waals surface area contributed by atoms with Crippen molar-refractivity contribution in [2.75, 3.05) is 0 Å². The summed E-state index contributed by atoms with van der Waals surface area (Å²) in [4.78, 5) is 10.2. The predicted octanol–water partition coefficient (Wildman–Crippen LogP) is -2.79. The largest absolute Gasteiger partial charge is 1.00 e. The van der Waals surface area contributed by atoms with Crippen molar-refractivity contribution in [3.8, 4) is 0 Å². The van der Waals surface area contributed by atoms with Crippen molar-refractivity contribution in [2.45, 2.75) is 0 Å². The molecule has 1 amide bonds. The van der Waals surface area contributed by atoms with E-state index in [4.69, 9.17) is 0 Å². The Morgan fingerprint density at radius 1 is 1.75 bits per heavy atom. The van der Waals surface area contributed by atoms with Gasteiger partial charge in [-0.25, -0.2) is 0 Å². The zero-order chi connectivity index (χ0) is 5.11. The molecule has 0 saturated carbocycles. The first kappa shape index (κ1) is 9.00. The van der Waals surface area contributed by atoms with E-state index in [0.717, 1.165) is 12.2 Å². The molecular weight excluding hydrogens is 153 g/mol. The molecule has 0 fully saturated rings. The molecule has 0 saturated heterocycles. The van der Waals surface area contributed by atoms with Gasteiger partial charge in [0.05, 0.1) is 0 Å². The Bertz CT molecular complexity index is 116. The zero-order valence-electron chi connectivity index (χ0n) is 4.38. The molecule has 1 aliphatic heterocycles. The van der Waals surface area contributed by atoms with Gasteiger partial charge in [0.1, 0.15) is 6.26 Å². The molecule has 0 radical (unpaired) electrons. The molecule has 8 heavy (non-hydrogen) atoms. The monoisotopic (exact) mass is 156 g/mol. The third kappa shape index (κ3) is 3.11. The number of carbonyl (C=O) groups excluding carboxylic acids is 1. The topological polar surface area (TPSA) is 38.3 Å². The summed E-state index contributed by atoms with van der Waals surface area (Å²) in [7, 11) is 0. The second-order valence-corrected chi connectivity index (χ2v) is 1.51. The molecule has 0 aromatic carbocycles. The van der Waals surface area contributed by atoms with Gasteiger partial charge in [-0.15, -0.1) is 0 Å². The third-order valence-corrected chi connectivity index (χ3v) is 0.957. The predicted molar refractivity (Wildman–Crippen MR) is 26.0 cm³/mol. The van der Waals surface area contributed by atoms with E-state index in [1.54, 1.807) is 0 Å². The van der Waals surface area contributed by atoms with Crippen molar-refractivity contribution >= 4 is 18.1 Å². The van der Waals surface area contributed by atoms with Gasteiger partial charge >= 0.3 is 51.4 Å². The van der Waals surface area contributed by atoms with Gasteiger partial charge in [0.2, 0.25) is 0 Å². The van der Waals surface area contributed by atoms with E-state index in [0.29, 0.717) is 0 Å². The minimum atomic E-state index is -0.128. The quantitative estimate of drug-likeness (QED) is 0.234. The smallest absolute Gasteiger partial charge is 0.413 e. The molecule has 0 spiro atoms. The normalized spacial score (nSPS) is 15.8. The summed E-state index contributed by atoms with van der Waals surface area (Å²) >= 11 is 0.917. The molecule has 0 unspecified atom stereocenters. The van der Waals surface area contributed by atoms with Crippen LogP contribution in [0.15, 0.2) is 12.3 Å². The maximum absolute atomic E-state index is 10.2. The summed E-state index contributed by atoms with van der Waals surface area (Å²) < 4.78 is 6.89. The van der Waals surface area contributed by atoms with Crippen LogP contribution >= 0.6 is 12.2 Å². The Labute approximate surface area is 94.0 Å². The molecule has 3 nitrogen and oxygen atoms in total. The van der Waals surface area contributed by atoms with Crippen LogP contribution in [0.25, 0.3) is 0 Å². The fourth-order valence-corrected chi connectivity index (χ4v) is 0.526. The van der Waals surface area contributed by atoms with Crippen LogP contribution in [0.1, 0.15) is 0 Å². The molecule has 1 heterocycles. The Balaban J connectivity index is 0.000000490. The van der Waals surface area contributed by atoms with Crippen LogP contribution in [-0.4, -0.2) is 5.91 Å². The van der Waals surface area contributed by atoms with E-state index >= 15 is 0 Å². The van der Waals surface area contributed by atoms with Gasteiger partial charge in [0.25, 0.3) is 5.91 Å². The first-order valence-corrected chi connectivity index (χ1v) is 2.42. The van der Waals surface area contributed by atoms with E-state index in [9.17, 15) is 4.79 Å². The first-order chi connectivity index (χ1) is 3.39. The van der Waals surface area contributed by atoms with Crippen molar-refractivity contribution < 1.29 is 60.4 Å². The number of rotatable bonds is 0. The number of hydrogen-bond acceptors (Lipinski definition) is 3.